The third-order valence-electron chi connectivity index (χ3n) is 5.75. The molecule has 0 aromatic heterocycles. The van der Waals surface area contributed by atoms with E-state index >= 15 is 0 Å². The van der Waals surface area contributed by atoms with Gasteiger partial charge in [-0.3, -0.25) is 0 Å². The van der Waals surface area contributed by atoms with Crippen LogP contribution < -0.4 is 14.5 Å². The summed E-state index contributed by atoms with van der Waals surface area (Å²) < 4.78 is 5.57. The molecule has 5 rings (SSSR count). The molecule has 0 spiro atoms. The first-order valence-corrected chi connectivity index (χ1v) is 10.8. The molecule has 0 N–H and O–H groups in total. The lowest BCUT2D eigenvalue weighted by Gasteiger charge is -2.33. The number of ether oxygens (including phenoxy) is 1. The fourth-order valence-electron chi connectivity index (χ4n) is 4.22. The SMILES string of the molecule is O=C(Oc1ccc(C2N(c3ccccc3)CCN2c2ccccc2)cc1)c1ccccc1. The number of anilines is 2. The van der Waals surface area contributed by atoms with Crippen LogP contribution in [-0.2, 0) is 0 Å². The second kappa shape index (κ2) is 8.98. The number of carbonyl (C=O) groups is 1. The molecule has 0 saturated carbocycles. The Bertz CT molecular complexity index is 1110. The topological polar surface area (TPSA) is 32.8 Å². The Hall–Kier alpha value is -4.05. The summed E-state index contributed by atoms with van der Waals surface area (Å²) in [6, 6.07) is 37.9. The molecule has 1 aliphatic heterocycles. The van der Waals surface area contributed by atoms with Crippen LogP contribution in [0.2, 0.25) is 0 Å². The van der Waals surface area contributed by atoms with Crippen LogP contribution >= 0.6 is 0 Å². The zero-order valence-electron chi connectivity index (χ0n) is 17.7. The highest BCUT2D eigenvalue weighted by Gasteiger charge is 2.33. The largest absolute Gasteiger partial charge is 0.423 e. The molecule has 32 heavy (non-hydrogen) atoms. The third kappa shape index (κ3) is 4.08. The molecule has 4 heteroatoms. The number of hydrogen-bond acceptors (Lipinski definition) is 4. The Labute approximate surface area is 188 Å². The van der Waals surface area contributed by atoms with E-state index in [1.54, 1.807) is 12.1 Å². The van der Waals surface area contributed by atoms with Gasteiger partial charge in [0.1, 0.15) is 11.9 Å². The summed E-state index contributed by atoms with van der Waals surface area (Å²) in [6.45, 7) is 1.85. The lowest BCUT2D eigenvalue weighted by Crippen LogP contribution is -2.30. The van der Waals surface area contributed by atoms with Crippen LogP contribution in [0.25, 0.3) is 0 Å². The van der Waals surface area contributed by atoms with Crippen molar-refractivity contribution >= 4 is 17.3 Å². The summed E-state index contributed by atoms with van der Waals surface area (Å²) in [5.41, 5.74) is 4.07. The minimum absolute atomic E-state index is 0.0543. The van der Waals surface area contributed by atoms with Gasteiger partial charge in [0, 0.05) is 24.5 Å². The fraction of sp³-hybridized carbons (Fsp3) is 0.107. The van der Waals surface area contributed by atoms with Gasteiger partial charge in [-0.1, -0.05) is 66.7 Å². The normalized spacial score (nSPS) is 13.9. The Morgan fingerprint density at radius 3 is 1.59 bits per heavy atom. The molecule has 4 aromatic rings. The highest BCUT2D eigenvalue weighted by Crippen LogP contribution is 2.38. The van der Waals surface area contributed by atoms with Gasteiger partial charge in [0.25, 0.3) is 0 Å². The van der Waals surface area contributed by atoms with Crippen molar-refractivity contribution < 1.29 is 9.53 Å². The van der Waals surface area contributed by atoms with Gasteiger partial charge in [0.2, 0.25) is 0 Å². The lowest BCUT2D eigenvalue weighted by molar-refractivity contribution is 0.0734. The van der Waals surface area contributed by atoms with E-state index in [2.05, 4.69) is 70.5 Å². The number of benzene rings is 4. The average Bonchev–Trinajstić information content (AvgIpc) is 3.31. The van der Waals surface area contributed by atoms with E-state index in [9.17, 15) is 4.79 Å². The van der Waals surface area contributed by atoms with E-state index < -0.39 is 0 Å². The first kappa shape index (κ1) is 19.9. The van der Waals surface area contributed by atoms with Crippen LogP contribution in [0.5, 0.6) is 5.75 Å². The molecule has 0 amide bonds. The second-order valence-electron chi connectivity index (χ2n) is 7.76. The third-order valence-corrected chi connectivity index (χ3v) is 5.75. The molecule has 4 nitrogen and oxygen atoms in total. The van der Waals surface area contributed by atoms with Crippen molar-refractivity contribution in [1.82, 2.24) is 0 Å². The first-order valence-electron chi connectivity index (χ1n) is 10.8. The van der Waals surface area contributed by atoms with Gasteiger partial charge in [0.05, 0.1) is 5.56 Å². The predicted octanol–water partition coefficient (Wildman–Crippen LogP) is 5.93. The number of esters is 1. The van der Waals surface area contributed by atoms with Crippen LogP contribution in [0.3, 0.4) is 0 Å². The maximum Gasteiger partial charge on any atom is 0.343 e. The monoisotopic (exact) mass is 420 g/mol. The second-order valence-corrected chi connectivity index (χ2v) is 7.76. The van der Waals surface area contributed by atoms with Crippen molar-refractivity contribution in [2.45, 2.75) is 6.17 Å². The van der Waals surface area contributed by atoms with Crippen LogP contribution in [0.1, 0.15) is 22.1 Å². The maximum atomic E-state index is 12.4. The molecule has 4 aromatic carbocycles. The van der Waals surface area contributed by atoms with Crippen LogP contribution in [0.15, 0.2) is 115 Å². The number of hydrogen-bond donors (Lipinski definition) is 0. The zero-order chi connectivity index (χ0) is 21.8. The molecule has 0 bridgehead atoms. The van der Waals surface area contributed by atoms with Gasteiger partial charge < -0.3 is 14.5 Å². The Morgan fingerprint density at radius 1 is 0.625 bits per heavy atom. The van der Waals surface area contributed by atoms with Crippen LogP contribution in [0.4, 0.5) is 11.4 Å². The molecule has 0 atom stereocenters. The van der Waals surface area contributed by atoms with Crippen molar-refractivity contribution in [2.24, 2.45) is 0 Å². The predicted molar refractivity (Wildman–Crippen MR) is 128 cm³/mol. The number of carbonyl (C=O) groups excluding carboxylic acids is 1. The molecule has 1 saturated heterocycles. The summed E-state index contributed by atoms with van der Waals surface area (Å²) in [7, 11) is 0. The van der Waals surface area contributed by atoms with Crippen LogP contribution in [-0.4, -0.2) is 19.1 Å². The molecular formula is C28H24N2O2. The van der Waals surface area contributed by atoms with Gasteiger partial charge in [-0.2, -0.15) is 0 Å². The first-order chi connectivity index (χ1) is 15.8. The molecule has 0 unspecified atom stereocenters. The summed E-state index contributed by atoms with van der Waals surface area (Å²) >= 11 is 0. The fourth-order valence-corrected chi connectivity index (χ4v) is 4.22. The van der Waals surface area contributed by atoms with Crippen molar-refractivity contribution in [1.29, 1.82) is 0 Å². The smallest absolute Gasteiger partial charge is 0.343 e. The Balaban J connectivity index is 1.43. The average molecular weight is 421 g/mol. The quantitative estimate of drug-likeness (QED) is 0.296. The van der Waals surface area contributed by atoms with Crippen molar-refractivity contribution in [3.63, 3.8) is 0 Å². The minimum Gasteiger partial charge on any atom is -0.423 e. The number of para-hydroxylation sites is 2. The van der Waals surface area contributed by atoms with Gasteiger partial charge in [-0.15, -0.1) is 0 Å². The molecule has 0 radical (unpaired) electrons. The number of rotatable bonds is 5. The maximum absolute atomic E-state index is 12.4. The van der Waals surface area contributed by atoms with E-state index in [1.165, 1.54) is 11.4 Å². The standard InChI is InChI=1S/C28H24N2O2/c31-28(23-10-4-1-5-11-23)32-26-18-16-22(17-19-26)27-29(24-12-6-2-7-13-24)20-21-30(27)25-14-8-3-9-15-25/h1-19,27H,20-21H2. The van der Waals surface area contributed by atoms with Crippen LogP contribution in [0, 0.1) is 0 Å². The van der Waals surface area contributed by atoms with Gasteiger partial charge >= 0.3 is 5.97 Å². The highest BCUT2D eigenvalue weighted by molar-refractivity contribution is 5.90. The van der Waals surface area contributed by atoms with Gasteiger partial charge in [0.15, 0.2) is 0 Å². The van der Waals surface area contributed by atoms with Crippen molar-refractivity contribution in [2.75, 3.05) is 22.9 Å². The Morgan fingerprint density at radius 2 is 1.09 bits per heavy atom. The zero-order valence-corrected chi connectivity index (χ0v) is 17.7. The summed E-state index contributed by atoms with van der Waals surface area (Å²) in [5, 5.41) is 0. The van der Waals surface area contributed by atoms with E-state index in [0.29, 0.717) is 11.3 Å². The molecule has 158 valence electrons. The van der Waals surface area contributed by atoms with E-state index in [-0.39, 0.29) is 12.1 Å². The van der Waals surface area contributed by atoms with E-state index in [1.807, 2.05) is 42.5 Å². The van der Waals surface area contributed by atoms with Gasteiger partial charge in [-0.25, -0.2) is 4.79 Å². The molecule has 0 aliphatic carbocycles. The highest BCUT2D eigenvalue weighted by atomic mass is 16.5. The van der Waals surface area contributed by atoms with E-state index in [4.69, 9.17) is 4.74 Å². The summed E-state index contributed by atoms with van der Waals surface area (Å²) in [4.78, 5) is 17.2. The van der Waals surface area contributed by atoms with E-state index in [0.717, 1.165) is 18.7 Å². The van der Waals surface area contributed by atoms with Crippen molar-refractivity contribution in [3.8, 4) is 5.75 Å². The minimum atomic E-state index is -0.351. The summed E-state index contributed by atoms with van der Waals surface area (Å²) in [5.74, 6) is 0.189. The molecule has 1 fully saturated rings. The lowest BCUT2D eigenvalue weighted by atomic mass is 10.1. The summed E-state index contributed by atoms with van der Waals surface area (Å²) in [6.07, 6.45) is 0.0543. The molecular weight excluding hydrogens is 396 g/mol. The Kier molecular flexibility index (Phi) is 5.58. The van der Waals surface area contributed by atoms with Gasteiger partial charge in [-0.05, 0) is 54.1 Å². The molecule has 1 aliphatic rings. The van der Waals surface area contributed by atoms with Crippen molar-refractivity contribution in [3.05, 3.63) is 126 Å². The number of nitrogens with zero attached hydrogens (tertiary/aromatic N) is 2. The molecule has 1 heterocycles.